The lowest BCUT2D eigenvalue weighted by atomic mass is 10.1. The van der Waals surface area contributed by atoms with Crippen LogP contribution in [0, 0.1) is 0 Å². The Hall–Kier alpha value is -1.88. The quantitative estimate of drug-likeness (QED) is 0.838. The molecule has 2 N–H and O–H groups in total. The second kappa shape index (κ2) is 7.22. The molecule has 0 radical (unpaired) electrons. The molecule has 1 unspecified atom stereocenters. The van der Waals surface area contributed by atoms with Gasteiger partial charge in [-0.05, 0) is 37.1 Å². The Balaban J connectivity index is 1.92. The Morgan fingerprint density at radius 1 is 1.38 bits per heavy atom. The summed E-state index contributed by atoms with van der Waals surface area (Å²) in [5.41, 5.74) is 1.37. The molecule has 1 fully saturated rings. The normalized spacial score (nSPS) is 16.1. The molecule has 5 heteroatoms. The van der Waals surface area contributed by atoms with Gasteiger partial charge in [0.25, 0.3) is 5.91 Å². The summed E-state index contributed by atoms with van der Waals surface area (Å²) in [6.45, 7) is 3.00. The number of nitrogens with one attached hydrogen (secondary N) is 1. The maximum absolute atomic E-state index is 11.9. The average molecular weight is 290 g/mol. The number of nitrogens with zero attached hydrogens (tertiary/aromatic N) is 1. The molecule has 5 nitrogen and oxygen atoms in total. The van der Waals surface area contributed by atoms with Crippen LogP contribution in [0.3, 0.4) is 0 Å². The number of aliphatic hydroxyl groups excluding tert-OH is 1. The topological polar surface area (TPSA) is 69.6 Å². The first-order valence-corrected chi connectivity index (χ1v) is 7.48. The molecule has 1 aliphatic rings. The number of anilines is 1. The third kappa shape index (κ3) is 4.04. The van der Waals surface area contributed by atoms with Gasteiger partial charge < -0.3 is 15.3 Å². The van der Waals surface area contributed by atoms with E-state index >= 15 is 0 Å². The van der Waals surface area contributed by atoms with Crippen LogP contribution in [-0.2, 0) is 4.79 Å². The largest absolute Gasteiger partial charge is 0.391 e. The molecule has 0 bridgehead atoms. The van der Waals surface area contributed by atoms with Crippen LogP contribution >= 0.6 is 0 Å². The molecule has 1 aromatic rings. The molecular weight excluding hydrogens is 268 g/mol. The van der Waals surface area contributed by atoms with E-state index in [2.05, 4.69) is 5.32 Å². The first kappa shape index (κ1) is 15.5. The maximum Gasteiger partial charge on any atom is 0.251 e. The molecule has 0 aromatic heterocycles. The summed E-state index contributed by atoms with van der Waals surface area (Å²) in [7, 11) is 0. The minimum atomic E-state index is -0.500. The number of rotatable bonds is 6. The summed E-state index contributed by atoms with van der Waals surface area (Å²) in [4.78, 5) is 25.3. The summed E-state index contributed by atoms with van der Waals surface area (Å²) in [6, 6.07) is 7.01. The van der Waals surface area contributed by atoms with Crippen molar-refractivity contribution in [1.82, 2.24) is 5.32 Å². The monoisotopic (exact) mass is 290 g/mol. The lowest BCUT2D eigenvalue weighted by Gasteiger charge is -2.16. The van der Waals surface area contributed by atoms with Crippen LogP contribution in [0.2, 0.25) is 0 Å². The number of hydrogen-bond donors (Lipinski definition) is 2. The SMILES string of the molecule is CCCC(O)CNC(=O)c1ccc(N2CCCC2=O)cc1. The van der Waals surface area contributed by atoms with Crippen molar-refractivity contribution in [2.24, 2.45) is 0 Å². The summed E-state index contributed by atoms with van der Waals surface area (Å²) in [5.74, 6) is -0.0701. The van der Waals surface area contributed by atoms with Gasteiger partial charge in [-0.15, -0.1) is 0 Å². The number of benzene rings is 1. The van der Waals surface area contributed by atoms with E-state index in [-0.39, 0.29) is 18.4 Å². The van der Waals surface area contributed by atoms with E-state index in [1.54, 1.807) is 29.2 Å². The van der Waals surface area contributed by atoms with Gasteiger partial charge in [0.15, 0.2) is 0 Å². The Kier molecular flexibility index (Phi) is 5.33. The van der Waals surface area contributed by atoms with Crippen molar-refractivity contribution in [1.29, 1.82) is 0 Å². The van der Waals surface area contributed by atoms with Gasteiger partial charge in [-0.1, -0.05) is 13.3 Å². The molecular formula is C16H22N2O3. The van der Waals surface area contributed by atoms with Crippen molar-refractivity contribution in [2.75, 3.05) is 18.0 Å². The van der Waals surface area contributed by atoms with Gasteiger partial charge in [0.2, 0.25) is 5.91 Å². The summed E-state index contributed by atoms with van der Waals surface area (Å²) < 4.78 is 0. The molecule has 1 saturated heterocycles. The Labute approximate surface area is 125 Å². The van der Waals surface area contributed by atoms with Gasteiger partial charge in [0.05, 0.1) is 6.10 Å². The minimum absolute atomic E-state index is 0.134. The van der Waals surface area contributed by atoms with Gasteiger partial charge in [-0.25, -0.2) is 0 Å². The lowest BCUT2D eigenvalue weighted by Crippen LogP contribution is -2.32. The second-order valence-electron chi connectivity index (χ2n) is 5.35. The molecule has 0 spiro atoms. The second-order valence-corrected chi connectivity index (χ2v) is 5.35. The van der Waals surface area contributed by atoms with Crippen LogP contribution in [0.5, 0.6) is 0 Å². The van der Waals surface area contributed by atoms with Crippen molar-refractivity contribution in [3.05, 3.63) is 29.8 Å². The van der Waals surface area contributed by atoms with Crippen LogP contribution in [0.1, 0.15) is 43.0 Å². The third-order valence-corrected chi connectivity index (χ3v) is 3.63. The Morgan fingerprint density at radius 3 is 2.67 bits per heavy atom. The Morgan fingerprint density at radius 2 is 2.10 bits per heavy atom. The molecule has 1 heterocycles. The average Bonchev–Trinajstić information content (AvgIpc) is 2.91. The van der Waals surface area contributed by atoms with Crippen molar-refractivity contribution >= 4 is 17.5 Å². The van der Waals surface area contributed by atoms with E-state index in [4.69, 9.17) is 0 Å². The fourth-order valence-corrected chi connectivity index (χ4v) is 2.46. The fourth-order valence-electron chi connectivity index (χ4n) is 2.46. The van der Waals surface area contributed by atoms with E-state index in [0.717, 1.165) is 25.1 Å². The number of aliphatic hydroxyl groups is 1. The van der Waals surface area contributed by atoms with Gasteiger partial charge in [0, 0.05) is 30.8 Å². The molecule has 1 aromatic carbocycles. The third-order valence-electron chi connectivity index (χ3n) is 3.63. The summed E-state index contributed by atoms with van der Waals surface area (Å²) in [5, 5.41) is 12.3. The Bertz CT molecular complexity index is 499. The first-order valence-electron chi connectivity index (χ1n) is 7.48. The summed E-state index contributed by atoms with van der Waals surface area (Å²) >= 11 is 0. The summed E-state index contributed by atoms with van der Waals surface area (Å²) in [6.07, 6.45) is 2.54. The van der Waals surface area contributed by atoms with E-state index in [1.165, 1.54) is 0 Å². The van der Waals surface area contributed by atoms with Crippen molar-refractivity contribution in [2.45, 2.75) is 38.7 Å². The van der Waals surface area contributed by atoms with Gasteiger partial charge in [0.1, 0.15) is 0 Å². The number of amides is 2. The highest BCUT2D eigenvalue weighted by molar-refractivity contribution is 5.97. The number of carbonyl (C=O) groups is 2. The molecule has 2 rings (SSSR count). The van der Waals surface area contributed by atoms with Gasteiger partial charge >= 0.3 is 0 Å². The standard InChI is InChI=1S/C16H22N2O3/c1-2-4-14(19)11-17-16(21)12-6-8-13(9-7-12)18-10-3-5-15(18)20/h6-9,14,19H,2-5,10-11H2,1H3,(H,17,21). The highest BCUT2D eigenvalue weighted by atomic mass is 16.3. The number of hydrogen-bond acceptors (Lipinski definition) is 3. The smallest absolute Gasteiger partial charge is 0.251 e. The zero-order valence-electron chi connectivity index (χ0n) is 12.3. The molecule has 1 atom stereocenters. The van der Waals surface area contributed by atoms with Crippen molar-refractivity contribution in [3.8, 4) is 0 Å². The zero-order valence-corrected chi connectivity index (χ0v) is 12.3. The molecule has 0 aliphatic carbocycles. The zero-order chi connectivity index (χ0) is 15.2. The molecule has 0 saturated carbocycles. The highest BCUT2D eigenvalue weighted by Gasteiger charge is 2.21. The maximum atomic E-state index is 11.9. The molecule has 2 amide bonds. The minimum Gasteiger partial charge on any atom is -0.391 e. The first-order chi connectivity index (χ1) is 10.1. The van der Waals surface area contributed by atoms with Crippen LogP contribution in [0.4, 0.5) is 5.69 Å². The lowest BCUT2D eigenvalue weighted by molar-refractivity contribution is -0.117. The van der Waals surface area contributed by atoms with E-state index in [9.17, 15) is 14.7 Å². The van der Waals surface area contributed by atoms with Gasteiger partial charge in [-0.3, -0.25) is 9.59 Å². The molecule has 1 aliphatic heterocycles. The van der Waals surface area contributed by atoms with E-state index in [0.29, 0.717) is 18.4 Å². The number of carbonyl (C=O) groups excluding carboxylic acids is 2. The highest BCUT2D eigenvalue weighted by Crippen LogP contribution is 2.21. The fraction of sp³-hybridized carbons (Fsp3) is 0.500. The van der Waals surface area contributed by atoms with Crippen LogP contribution in [0.25, 0.3) is 0 Å². The van der Waals surface area contributed by atoms with Crippen molar-refractivity contribution < 1.29 is 14.7 Å². The van der Waals surface area contributed by atoms with E-state index < -0.39 is 6.10 Å². The van der Waals surface area contributed by atoms with Crippen molar-refractivity contribution in [3.63, 3.8) is 0 Å². The van der Waals surface area contributed by atoms with Crippen LogP contribution < -0.4 is 10.2 Å². The molecule has 114 valence electrons. The predicted molar refractivity (Wildman–Crippen MR) is 81.3 cm³/mol. The van der Waals surface area contributed by atoms with Crippen LogP contribution in [-0.4, -0.2) is 36.1 Å². The predicted octanol–water partition coefficient (Wildman–Crippen LogP) is 1.70. The van der Waals surface area contributed by atoms with Gasteiger partial charge in [-0.2, -0.15) is 0 Å². The molecule has 21 heavy (non-hydrogen) atoms. The van der Waals surface area contributed by atoms with E-state index in [1.807, 2.05) is 6.92 Å². The van der Waals surface area contributed by atoms with Crippen LogP contribution in [0.15, 0.2) is 24.3 Å².